The summed E-state index contributed by atoms with van der Waals surface area (Å²) in [5.74, 6) is -1.82. The highest BCUT2D eigenvalue weighted by molar-refractivity contribution is 6.23. The van der Waals surface area contributed by atoms with Crippen LogP contribution in [0.4, 0.5) is 11.4 Å². The molecule has 134 valence electrons. The molecule has 0 bridgehead atoms. The molecule has 0 radical (unpaired) electrons. The molecule has 0 spiro atoms. The van der Waals surface area contributed by atoms with E-state index in [1.165, 1.54) is 17.7 Å². The van der Waals surface area contributed by atoms with Gasteiger partial charge in [-0.3, -0.25) is 9.59 Å². The van der Waals surface area contributed by atoms with Crippen LogP contribution in [0.1, 0.15) is 34.8 Å². The van der Waals surface area contributed by atoms with Gasteiger partial charge in [-0.2, -0.15) is 0 Å². The van der Waals surface area contributed by atoms with Gasteiger partial charge >= 0.3 is 5.97 Å². The summed E-state index contributed by atoms with van der Waals surface area (Å²) in [7, 11) is 0. The molecule has 26 heavy (non-hydrogen) atoms. The van der Waals surface area contributed by atoms with Gasteiger partial charge in [0, 0.05) is 5.69 Å². The Labute approximate surface area is 151 Å². The topological polar surface area (TPSA) is 86.7 Å². The molecule has 0 aliphatic carbocycles. The Morgan fingerprint density at radius 1 is 1.19 bits per heavy atom. The first-order valence-corrected chi connectivity index (χ1v) is 8.47. The maximum absolute atomic E-state index is 12.8. The summed E-state index contributed by atoms with van der Waals surface area (Å²) in [4.78, 5) is 37.5. The lowest BCUT2D eigenvalue weighted by atomic mass is 10.1. The third-order valence-corrected chi connectivity index (χ3v) is 4.55. The Hall–Kier alpha value is -3.15. The first-order valence-electron chi connectivity index (χ1n) is 8.47. The number of rotatable bonds is 5. The minimum atomic E-state index is -1.10. The van der Waals surface area contributed by atoms with E-state index in [0.29, 0.717) is 11.3 Å². The van der Waals surface area contributed by atoms with E-state index in [1.54, 1.807) is 13.0 Å². The first kappa shape index (κ1) is 17.7. The zero-order valence-electron chi connectivity index (χ0n) is 14.7. The summed E-state index contributed by atoms with van der Waals surface area (Å²) >= 11 is 0. The zero-order chi connectivity index (χ0) is 18.8. The number of amides is 2. The van der Waals surface area contributed by atoms with Crippen molar-refractivity contribution in [3.8, 4) is 0 Å². The SMILES string of the molecule is CCc1ccc(N[C@@H]2CC(=O)N(c3cc(C(=O)O)ccc3C)C2=O)cc1. The lowest BCUT2D eigenvalue weighted by molar-refractivity contribution is -0.121. The standard InChI is InChI=1S/C20H20N2O4/c1-3-13-5-8-15(9-6-13)21-16-11-18(23)22(19(16)24)17-10-14(20(25)26)7-4-12(17)2/h4-10,16,21H,3,11H2,1-2H3,(H,25,26)/t16-/m1/s1. The molecule has 2 aromatic rings. The van der Waals surface area contributed by atoms with Crippen LogP contribution in [0, 0.1) is 6.92 Å². The van der Waals surface area contributed by atoms with Crippen LogP contribution in [0.2, 0.25) is 0 Å². The van der Waals surface area contributed by atoms with Crippen molar-refractivity contribution in [3.05, 3.63) is 59.2 Å². The maximum atomic E-state index is 12.8. The Balaban J connectivity index is 1.85. The van der Waals surface area contributed by atoms with Crippen molar-refractivity contribution in [1.82, 2.24) is 0 Å². The molecule has 0 saturated carbocycles. The smallest absolute Gasteiger partial charge is 0.335 e. The summed E-state index contributed by atoms with van der Waals surface area (Å²) in [6.45, 7) is 3.80. The van der Waals surface area contributed by atoms with Crippen LogP contribution in [0.15, 0.2) is 42.5 Å². The third-order valence-electron chi connectivity index (χ3n) is 4.55. The lowest BCUT2D eigenvalue weighted by Crippen LogP contribution is -2.35. The number of hydrogen-bond acceptors (Lipinski definition) is 4. The van der Waals surface area contributed by atoms with E-state index in [4.69, 9.17) is 5.11 Å². The van der Waals surface area contributed by atoms with E-state index < -0.39 is 12.0 Å². The van der Waals surface area contributed by atoms with E-state index in [0.717, 1.165) is 17.0 Å². The van der Waals surface area contributed by atoms with Gasteiger partial charge in [-0.25, -0.2) is 9.69 Å². The molecule has 1 aliphatic heterocycles. The van der Waals surface area contributed by atoms with Crippen molar-refractivity contribution in [2.75, 3.05) is 10.2 Å². The van der Waals surface area contributed by atoms with Crippen LogP contribution in [0.25, 0.3) is 0 Å². The number of benzene rings is 2. The van der Waals surface area contributed by atoms with Gasteiger partial charge in [-0.1, -0.05) is 25.1 Å². The van der Waals surface area contributed by atoms with Gasteiger partial charge in [0.25, 0.3) is 5.91 Å². The second-order valence-electron chi connectivity index (χ2n) is 6.33. The van der Waals surface area contributed by atoms with E-state index in [2.05, 4.69) is 12.2 Å². The average Bonchev–Trinajstić information content (AvgIpc) is 2.89. The summed E-state index contributed by atoms with van der Waals surface area (Å²) in [5, 5.41) is 12.3. The van der Waals surface area contributed by atoms with Gasteiger partial charge in [0.1, 0.15) is 6.04 Å². The molecule has 0 aromatic heterocycles. The number of carboxylic acids is 1. The van der Waals surface area contributed by atoms with E-state index in [1.807, 2.05) is 24.3 Å². The lowest BCUT2D eigenvalue weighted by Gasteiger charge is -2.18. The number of hydrogen-bond donors (Lipinski definition) is 2. The van der Waals surface area contributed by atoms with Crippen molar-refractivity contribution in [2.45, 2.75) is 32.7 Å². The van der Waals surface area contributed by atoms with Crippen LogP contribution in [0.3, 0.4) is 0 Å². The van der Waals surface area contributed by atoms with Crippen molar-refractivity contribution in [1.29, 1.82) is 0 Å². The number of carbonyl (C=O) groups excluding carboxylic acids is 2. The Morgan fingerprint density at radius 2 is 1.88 bits per heavy atom. The molecule has 2 amide bonds. The van der Waals surface area contributed by atoms with Crippen LogP contribution in [-0.2, 0) is 16.0 Å². The molecule has 1 aliphatic rings. The number of carboxylic acid groups (broad SMARTS) is 1. The number of carbonyl (C=O) groups is 3. The fourth-order valence-electron chi connectivity index (χ4n) is 3.02. The fourth-order valence-corrected chi connectivity index (χ4v) is 3.02. The molecule has 6 heteroatoms. The highest BCUT2D eigenvalue weighted by atomic mass is 16.4. The highest BCUT2D eigenvalue weighted by Gasteiger charge is 2.40. The molecule has 1 fully saturated rings. The molecular weight excluding hydrogens is 332 g/mol. The van der Waals surface area contributed by atoms with Crippen LogP contribution in [0.5, 0.6) is 0 Å². The largest absolute Gasteiger partial charge is 0.478 e. The molecule has 0 unspecified atom stereocenters. The second kappa shape index (κ2) is 7.00. The average molecular weight is 352 g/mol. The molecule has 1 saturated heterocycles. The minimum Gasteiger partial charge on any atom is -0.478 e. The van der Waals surface area contributed by atoms with Crippen molar-refractivity contribution >= 4 is 29.2 Å². The van der Waals surface area contributed by atoms with Crippen molar-refractivity contribution in [2.24, 2.45) is 0 Å². The number of aryl methyl sites for hydroxylation is 2. The summed E-state index contributed by atoms with van der Waals surface area (Å²) in [6, 6.07) is 11.5. The minimum absolute atomic E-state index is 0.0328. The molecule has 3 rings (SSSR count). The second-order valence-corrected chi connectivity index (χ2v) is 6.33. The van der Waals surface area contributed by atoms with E-state index in [-0.39, 0.29) is 23.8 Å². The number of aromatic carboxylic acids is 1. The highest BCUT2D eigenvalue weighted by Crippen LogP contribution is 2.29. The van der Waals surface area contributed by atoms with Crippen molar-refractivity contribution < 1.29 is 19.5 Å². The van der Waals surface area contributed by atoms with Gasteiger partial charge in [0.15, 0.2) is 0 Å². The third kappa shape index (κ3) is 3.31. The van der Waals surface area contributed by atoms with Crippen LogP contribution < -0.4 is 10.2 Å². The Bertz CT molecular complexity index is 874. The van der Waals surface area contributed by atoms with Gasteiger partial charge in [-0.05, 0) is 48.7 Å². The molecule has 1 atom stereocenters. The number of nitrogens with zero attached hydrogens (tertiary/aromatic N) is 1. The fraction of sp³-hybridized carbons (Fsp3) is 0.250. The number of imide groups is 1. The normalized spacial score (nSPS) is 16.8. The van der Waals surface area contributed by atoms with Gasteiger partial charge in [0.05, 0.1) is 17.7 Å². The van der Waals surface area contributed by atoms with E-state index >= 15 is 0 Å². The maximum Gasteiger partial charge on any atom is 0.335 e. The summed E-state index contributed by atoms with van der Waals surface area (Å²) < 4.78 is 0. The number of nitrogens with one attached hydrogen (secondary N) is 1. The van der Waals surface area contributed by atoms with Gasteiger partial charge in [0.2, 0.25) is 5.91 Å². The predicted octanol–water partition coefficient (Wildman–Crippen LogP) is 3.00. The van der Waals surface area contributed by atoms with Gasteiger partial charge < -0.3 is 10.4 Å². The van der Waals surface area contributed by atoms with Crippen LogP contribution >= 0.6 is 0 Å². The molecule has 6 nitrogen and oxygen atoms in total. The summed E-state index contributed by atoms with van der Waals surface area (Å²) in [6.07, 6.45) is 0.958. The predicted molar refractivity (Wildman–Crippen MR) is 98.5 cm³/mol. The Morgan fingerprint density at radius 3 is 2.50 bits per heavy atom. The quantitative estimate of drug-likeness (QED) is 0.808. The van der Waals surface area contributed by atoms with Crippen LogP contribution in [-0.4, -0.2) is 28.9 Å². The summed E-state index contributed by atoms with van der Waals surface area (Å²) in [5.41, 5.74) is 2.99. The Kier molecular flexibility index (Phi) is 4.75. The van der Waals surface area contributed by atoms with Crippen molar-refractivity contribution in [3.63, 3.8) is 0 Å². The number of anilines is 2. The zero-order valence-corrected chi connectivity index (χ0v) is 14.7. The first-order chi connectivity index (χ1) is 12.4. The molecular formula is C20H20N2O4. The molecule has 2 aromatic carbocycles. The monoisotopic (exact) mass is 352 g/mol. The van der Waals surface area contributed by atoms with E-state index in [9.17, 15) is 14.4 Å². The molecule has 2 N–H and O–H groups in total. The van der Waals surface area contributed by atoms with Gasteiger partial charge in [-0.15, -0.1) is 0 Å². The molecule has 1 heterocycles.